The third kappa shape index (κ3) is 4.22. The summed E-state index contributed by atoms with van der Waals surface area (Å²) in [6.07, 6.45) is -3.32. The van der Waals surface area contributed by atoms with E-state index < -0.39 is 35.2 Å². The first-order valence-corrected chi connectivity index (χ1v) is 5.58. The van der Waals surface area contributed by atoms with Gasteiger partial charge in [-0.3, -0.25) is 4.79 Å². The summed E-state index contributed by atoms with van der Waals surface area (Å²) in [6, 6.07) is 0.958. The number of carbonyl (C=O) groups excluding carboxylic acids is 1. The van der Waals surface area contributed by atoms with Crippen molar-refractivity contribution in [2.45, 2.75) is 25.6 Å². The van der Waals surface area contributed by atoms with Gasteiger partial charge in [0.15, 0.2) is 11.6 Å². The van der Waals surface area contributed by atoms with Gasteiger partial charge in [-0.05, 0) is 12.5 Å². The molecule has 0 heterocycles. The fraction of sp³-hybridized carbons (Fsp3) is 0.417. The molecule has 0 fully saturated rings. The number of hydrogen-bond donors (Lipinski definition) is 3. The molecule has 3 N–H and O–H groups in total. The lowest BCUT2D eigenvalue weighted by Gasteiger charge is -2.19. The molecule has 1 aromatic rings. The zero-order chi connectivity index (χ0) is 14.6. The standard InChI is InChI=1S/C12H14F3NO3/c1-6(17)16-3-2-10(18)12(19)8-4-7(13)5-9(14)11(8)15/h4-5,10,12,18-19H,2-3H2,1H3,(H,16,17). The molecular formula is C12H14F3NO3. The van der Waals surface area contributed by atoms with Crippen LogP contribution in [0, 0.1) is 17.5 Å². The summed E-state index contributed by atoms with van der Waals surface area (Å²) in [7, 11) is 0. The predicted molar refractivity (Wildman–Crippen MR) is 60.6 cm³/mol. The zero-order valence-electron chi connectivity index (χ0n) is 10.2. The van der Waals surface area contributed by atoms with E-state index >= 15 is 0 Å². The third-order valence-corrected chi connectivity index (χ3v) is 2.52. The summed E-state index contributed by atoms with van der Waals surface area (Å²) in [6.45, 7) is 1.32. The van der Waals surface area contributed by atoms with Crippen molar-refractivity contribution in [2.24, 2.45) is 0 Å². The Morgan fingerprint density at radius 1 is 1.32 bits per heavy atom. The Balaban J connectivity index is 2.76. The molecule has 0 aliphatic heterocycles. The summed E-state index contributed by atoms with van der Waals surface area (Å²) < 4.78 is 39.3. The number of aliphatic hydroxyl groups is 2. The molecule has 0 spiro atoms. The second-order valence-corrected chi connectivity index (χ2v) is 4.07. The summed E-state index contributed by atoms with van der Waals surface area (Å²) >= 11 is 0. The van der Waals surface area contributed by atoms with Crippen molar-refractivity contribution in [1.82, 2.24) is 5.32 Å². The lowest BCUT2D eigenvalue weighted by molar-refractivity contribution is -0.119. The minimum absolute atomic E-state index is 0.0486. The van der Waals surface area contributed by atoms with E-state index in [0.717, 1.165) is 0 Å². The molecule has 7 heteroatoms. The number of nitrogens with one attached hydrogen (secondary N) is 1. The maximum Gasteiger partial charge on any atom is 0.216 e. The number of hydrogen-bond acceptors (Lipinski definition) is 3. The van der Waals surface area contributed by atoms with Crippen LogP contribution in [0.4, 0.5) is 13.2 Å². The molecule has 0 aliphatic carbocycles. The number of halogens is 3. The lowest BCUT2D eigenvalue weighted by atomic mass is 10.0. The summed E-state index contributed by atoms with van der Waals surface area (Å²) in [5, 5.41) is 21.6. The van der Waals surface area contributed by atoms with Crippen molar-refractivity contribution in [1.29, 1.82) is 0 Å². The fourth-order valence-electron chi connectivity index (χ4n) is 1.55. The Kier molecular flexibility index (Phi) is 5.31. The van der Waals surface area contributed by atoms with Crippen molar-refractivity contribution < 1.29 is 28.2 Å². The predicted octanol–water partition coefficient (Wildman–Crippen LogP) is 1.02. The molecule has 0 saturated carbocycles. The second-order valence-electron chi connectivity index (χ2n) is 4.07. The third-order valence-electron chi connectivity index (χ3n) is 2.52. The monoisotopic (exact) mass is 277 g/mol. The first-order valence-electron chi connectivity index (χ1n) is 5.58. The van der Waals surface area contributed by atoms with E-state index in [-0.39, 0.29) is 18.9 Å². The summed E-state index contributed by atoms with van der Waals surface area (Å²) in [5.74, 6) is -4.23. The van der Waals surface area contributed by atoms with Gasteiger partial charge in [-0.1, -0.05) is 0 Å². The van der Waals surface area contributed by atoms with E-state index in [4.69, 9.17) is 0 Å². The highest BCUT2D eigenvalue weighted by Gasteiger charge is 2.24. The smallest absolute Gasteiger partial charge is 0.216 e. The Bertz CT molecular complexity index is 468. The van der Waals surface area contributed by atoms with Crippen LogP contribution in [0.5, 0.6) is 0 Å². The van der Waals surface area contributed by atoms with Crippen LogP contribution in [-0.4, -0.2) is 28.8 Å². The summed E-state index contributed by atoms with van der Waals surface area (Å²) in [5.41, 5.74) is -0.659. The number of aliphatic hydroxyl groups excluding tert-OH is 2. The van der Waals surface area contributed by atoms with E-state index in [2.05, 4.69) is 5.32 Å². The van der Waals surface area contributed by atoms with E-state index in [0.29, 0.717) is 12.1 Å². The lowest BCUT2D eigenvalue weighted by Crippen LogP contribution is -2.28. The molecule has 1 aromatic carbocycles. The van der Waals surface area contributed by atoms with Crippen LogP contribution in [0.25, 0.3) is 0 Å². The van der Waals surface area contributed by atoms with Crippen LogP contribution in [0.15, 0.2) is 12.1 Å². The van der Waals surface area contributed by atoms with Gasteiger partial charge in [0.05, 0.1) is 6.10 Å². The Morgan fingerprint density at radius 2 is 1.95 bits per heavy atom. The van der Waals surface area contributed by atoms with Gasteiger partial charge < -0.3 is 15.5 Å². The van der Waals surface area contributed by atoms with Crippen molar-refractivity contribution in [3.63, 3.8) is 0 Å². The second kappa shape index (κ2) is 6.53. The maximum absolute atomic E-state index is 13.4. The Hall–Kier alpha value is -1.60. The minimum Gasteiger partial charge on any atom is -0.390 e. The molecule has 0 aliphatic rings. The first-order chi connectivity index (χ1) is 8.82. The van der Waals surface area contributed by atoms with Gasteiger partial charge in [-0.2, -0.15) is 0 Å². The van der Waals surface area contributed by atoms with Crippen molar-refractivity contribution >= 4 is 5.91 Å². The molecule has 1 rings (SSSR count). The molecule has 106 valence electrons. The van der Waals surface area contributed by atoms with Crippen LogP contribution in [0.3, 0.4) is 0 Å². The molecule has 2 unspecified atom stereocenters. The molecule has 1 amide bonds. The zero-order valence-corrected chi connectivity index (χ0v) is 10.2. The van der Waals surface area contributed by atoms with Crippen LogP contribution >= 0.6 is 0 Å². The Labute approximate surface area is 107 Å². The van der Waals surface area contributed by atoms with Crippen molar-refractivity contribution in [3.8, 4) is 0 Å². The highest BCUT2D eigenvalue weighted by atomic mass is 19.2. The molecule has 19 heavy (non-hydrogen) atoms. The maximum atomic E-state index is 13.4. The van der Waals surface area contributed by atoms with Gasteiger partial charge in [-0.25, -0.2) is 13.2 Å². The molecule has 4 nitrogen and oxygen atoms in total. The molecular weight excluding hydrogens is 263 g/mol. The van der Waals surface area contributed by atoms with Crippen molar-refractivity contribution in [3.05, 3.63) is 35.1 Å². The van der Waals surface area contributed by atoms with Gasteiger partial charge in [-0.15, -0.1) is 0 Å². The Morgan fingerprint density at radius 3 is 2.53 bits per heavy atom. The number of amides is 1. The summed E-state index contributed by atoms with van der Waals surface area (Å²) in [4.78, 5) is 10.6. The average Bonchev–Trinajstić information content (AvgIpc) is 2.32. The average molecular weight is 277 g/mol. The van der Waals surface area contributed by atoms with Crippen LogP contribution < -0.4 is 5.32 Å². The minimum atomic E-state index is -1.78. The highest BCUT2D eigenvalue weighted by Crippen LogP contribution is 2.24. The number of carbonyl (C=O) groups is 1. The van der Waals surface area contributed by atoms with Gasteiger partial charge in [0.1, 0.15) is 11.9 Å². The van der Waals surface area contributed by atoms with E-state index in [1.807, 2.05) is 0 Å². The van der Waals surface area contributed by atoms with E-state index in [1.54, 1.807) is 0 Å². The van der Waals surface area contributed by atoms with Gasteiger partial charge in [0.25, 0.3) is 0 Å². The van der Waals surface area contributed by atoms with Gasteiger partial charge in [0, 0.05) is 25.1 Å². The van der Waals surface area contributed by atoms with Crippen LogP contribution in [-0.2, 0) is 4.79 Å². The van der Waals surface area contributed by atoms with E-state index in [9.17, 15) is 28.2 Å². The fourth-order valence-corrected chi connectivity index (χ4v) is 1.55. The van der Waals surface area contributed by atoms with Crippen LogP contribution in [0.2, 0.25) is 0 Å². The van der Waals surface area contributed by atoms with Gasteiger partial charge in [0.2, 0.25) is 5.91 Å². The quantitative estimate of drug-likeness (QED) is 0.704. The van der Waals surface area contributed by atoms with Gasteiger partial charge >= 0.3 is 0 Å². The number of benzene rings is 1. The molecule has 0 saturated heterocycles. The molecule has 0 radical (unpaired) electrons. The molecule has 2 atom stereocenters. The normalized spacial score (nSPS) is 14.0. The SMILES string of the molecule is CC(=O)NCCC(O)C(O)c1cc(F)cc(F)c1F. The van der Waals surface area contributed by atoms with Crippen LogP contribution in [0.1, 0.15) is 25.0 Å². The largest absolute Gasteiger partial charge is 0.390 e. The molecule has 0 aromatic heterocycles. The highest BCUT2D eigenvalue weighted by molar-refractivity contribution is 5.72. The first kappa shape index (κ1) is 15.5. The van der Waals surface area contributed by atoms with Crippen molar-refractivity contribution in [2.75, 3.05) is 6.54 Å². The van der Waals surface area contributed by atoms with E-state index in [1.165, 1.54) is 6.92 Å². The topological polar surface area (TPSA) is 69.6 Å². The molecule has 0 bridgehead atoms. The number of rotatable bonds is 5.